The molecule has 0 aromatic rings. The number of hydrogen-bond acceptors (Lipinski definition) is 16. The van der Waals surface area contributed by atoms with Crippen LogP contribution in [-0.4, -0.2) is 262 Å². The highest BCUT2D eigenvalue weighted by Gasteiger charge is 2.47. The van der Waals surface area contributed by atoms with Gasteiger partial charge in [-0.2, -0.15) is 11.8 Å². The second-order valence-electron chi connectivity index (χ2n) is 29.1. The van der Waals surface area contributed by atoms with Crippen LogP contribution in [0, 0.1) is 35.5 Å². The molecule has 97 heavy (non-hydrogen) atoms. The molecule has 0 aliphatic carbocycles. The van der Waals surface area contributed by atoms with Gasteiger partial charge in [0.05, 0.1) is 18.8 Å². The van der Waals surface area contributed by atoms with E-state index >= 15 is 33.6 Å². The van der Waals surface area contributed by atoms with Crippen molar-refractivity contribution < 1.29 is 72.5 Å². The number of ether oxygens (including phenoxy) is 1. The topological polar surface area (TPSA) is 325 Å². The molecule has 1 saturated heterocycles. The Kier molecular flexibility index (Phi) is 37.7. The number of methoxy groups -OCH3 is 1. The van der Waals surface area contributed by atoms with Crippen molar-refractivity contribution in [3.63, 3.8) is 0 Å². The number of hydrogen-bond donors (Lipinski definition) is 6. The first-order valence-electron chi connectivity index (χ1n) is 34.6. The van der Waals surface area contributed by atoms with Crippen LogP contribution in [0.1, 0.15) is 182 Å². The summed E-state index contributed by atoms with van der Waals surface area (Å²) in [4.78, 5) is 185. The molecule has 11 amide bonds. The fraction of sp³-hybridized carbons (Fsp3) is 0.800. The van der Waals surface area contributed by atoms with Crippen molar-refractivity contribution in [1.82, 2.24) is 55.6 Å². The molecule has 27 heteroatoms. The van der Waals surface area contributed by atoms with Crippen LogP contribution in [0.2, 0.25) is 0 Å². The SMILES string of the molecule is C/C=C/C[C@@H](C)[C@@H](O)[C@H]1C(=O)N[C@@H](CC)C(=O)N(C)[C@H](CSCCCCC(=O)OC)C(=O)N(C)[C@@H](CC(C)(C)O)C(=O)N[C@H](C(C)C)C(=O)N(C)[C@H](CCC(C)C)C(=O)N[C@H](C)C(=O)N[C@@H](C)C(=O)N(C)[C@@H](CC(C)C)C(=O)N(C)[C@@H](CC(C)C)C(=O)N(C)[C@@H](C(C)C)C(=O)N1C. The van der Waals surface area contributed by atoms with Gasteiger partial charge in [-0.05, 0) is 127 Å². The molecule has 1 rings (SSSR count). The van der Waals surface area contributed by atoms with E-state index in [0.29, 0.717) is 25.0 Å². The predicted molar refractivity (Wildman–Crippen MR) is 377 cm³/mol. The minimum atomic E-state index is -1.69. The monoisotopic (exact) mass is 1390 g/mol. The third-order valence-electron chi connectivity index (χ3n) is 18.1. The van der Waals surface area contributed by atoms with E-state index in [1.54, 1.807) is 60.6 Å². The van der Waals surface area contributed by atoms with E-state index in [1.165, 1.54) is 115 Å². The summed E-state index contributed by atoms with van der Waals surface area (Å²) in [5.41, 5.74) is -1.62. The summed E-state index contributed by atoms with van der Waals surface area (Å²) in [7, 11) is 11.0. The molecule has 0 spiro atoms. The maximum absolute atomic E-state index is 15.4. The van der Waals surface area contributed by atoms with Gasteiger partial charge < -0.3 is 70.5 Å². The molecule has 556 valence electrons. The van der Waals surface area contributed by atoms with E-state index in [1.807, 2.05) is 41.5 Å². The van der Waals surface area contributed by atoms with Gasteiger partial charge in [0.2, 0.25) is 65.0 Å². The quantitative estimate of drug-likeness (QED) is 0.0474. The van der Waals surface area contributed by atoms with Gasteiger partial charge in [-0.3, -0.25) is 57.5 Å². The van der Waals surface area contributed by atoms with Gasteiger partial charge in [-0.1, -0.05) is 95.2 Å². The Morgan fingerprint density at radius 1 is 0.557 bits per heavy atom. The summed E-state index contributed by atoms with van der Waals surface area (Å²) < 4.78 is 4.81. The number of carbonyl (C=O) groups excluding carboxylic acids is 12. The Hall–Kier alpha value is -6.35. The molecule has 0 saturated carbocycles. The van der Waals surface area contributed by atoms with Gasteiger partial charge >= 0.3 is 5.97 Å². The normalized spacial score (nSPS) is 25.9. The lowest BCUT2D eigenvalue weighted by Gasteiger charge is -2.41. The molecule has 0 aromatic heterocycles. The molecule has 0 unspecified atom stereocenters. The summed E-state index contributed by atoms with van der Waals surface area (Å²) in [6, 6.07) is -14.7. The van der Waals surface area contributed by atoms with Gasteiger partial charge in [0.1, 0.15) is 66.5 Å². The van der Waals surface area contributed by atoms with E-state index < -0.39 is 167 Å². The second kappa shape index (κ2) is 41.3. The Morgan fingerprint density at radius 2 is 1.03 bits per heavy atom. The van der Waals surface area contributed by atoms with Crippen molar-refractivity contribution in [3.8, 4) is 0 Å². The summed E-state index contributed by atoms with van der Waals surface area (Å²) >= 11 is 1.28. The zero-order valence-corrected chi connectivity index (χ0v) is 64.1. The number of carbonyl (C=O) groups is 12. The number of likely N-dealkylation sites (N-methyl/N-ethyl adjacent to an activating group) is 7. The molecule has 6 N–H and O–H groups in total. The van der Waals surface area contributed by atoms with Crippen LogP contribution in [0.3, 0.4) is 0 Å². The van der Waals surface area contributed by atoms with E-state index in [9.17, 15) is 34.2 Å². The first-order valence-corrected chi connectivity index (χ1v) is 35.8. The van der Waals surface area contributed by atoms with Crippen LogP contribution in [-0.2, 0) is 62.3 Å². The molecule has 1 heterocycles. The molecule has 1 aliphatic heterocycles. The van der Waals surface area contributed by atoms with Gasteiger partial charge in [0.25, 0.3) is 0 Å². The highest BCUT2D eigenvalue weighted by atomic mass is 32.2. The lowest BCUT2D eigenvalue weighted by Crippen LogP contribution is -2.64. The third kappa shape index (κ3) is 26.7. The summed E-state index contributed by atoms with van der Waals surface area (Å²) in [5.74, 6) is -10.4. The lowest BCUT2D eigenvalue weighted by molar-refractivity contribution is -0.157. The van der Waals surface area contributed by atoms with Crippen molar-refractivity contribution >= 4 is 82.7 Å². The Morgan fingerprint density at radius 3 is 1.52 bits per heavy atom. The number of unbranched alkanes of at least 4 members (excludes halogenated alkanes) is 1. The fourth-order valence-electron chi connectivity index (χ4n) is 11.9. The number of thioether (sulfide) groups is 1. The number of allylic oxidation sites excluding steroid dienone is 2. The molecule has 0 bridgehead atoms. The minimum absolute atomic E-state index is 0.0530. The number of rotatable bonds is 23. The molecule has 0 radical (unpaired) electrons. The maximum atomic E-state index is 15.4. The van der Waals surface area contributed by atoms with E-state index in [2.05, 4.69) is 21.3 Å². The van der Waals surface area contributed by atoms with Crippen LogP contribution in [0.15, 0.2) is 12.2 Å². The highest BCUT2D eigenvalue weighted by Crippen LogP contribution is 2.27. The number of aliphatic hydroxyl groups excluding tert-OH is 1. The predicted octanol–water partition coefficient (Wildman–Crippen LogP) is 4.22. The number of esters is 1. The van der Waals surface area contributed by atoms with Gasteiger partial charge in [0.15, 0.2) is 0 Å². The summed E-state index contributed by atoms with van der Waals surface area (Å²) in [5, 5.41) is 34.7. The average molecular weight is 1390 g/mol. The number of amides is 11. The van der Waals surface area contributed by atoms with Crippen molar-refractivity contribution in [2.45, 2.75) is 260 Å². The third-order valence-corrected chi connectivity index (χ3v) is 19.3. The van der Waals surface area contributed by atoms with E-state index in [0.717, 1.165) is 14.7 Å². The summed E-state index contributed by atoms with van der Waals surface area (Å²) in [6.07, 6.45) is 3.76. The minimum Gasteiger partial charge on any atom is -0.469 e. The van der Waals surface area contributed by atoms with Crippen LogP contribution in [0.5, 0.6) is 0 Å². The van der Waals surface area contributed by atoms with Crippen molar-refractivity contribution in [1.29, 1.82) is 0 Å². The van der Waals surface area contributed by atoms with Crippen LogP contribution in [0.4, 0.5) is 0 Å². The largest absolute Gasteiger partial charge is 0.469 e. The van der Waals surface area contributed by atoms with Crippen LogP contribution >= 0.6 is 11.8 Å². The maximum Gasteiger partial charge on any atom is 0.305 e. The van der Waals surface area contributed by atoms with Gasteiger partial charge in [-0.25, -0.2) is 0 Å². The molecule has 26 nitrogen and oxygen atoms in total. The molecule has 13 atom stereocenters. The van der Waals surface area contributed by atoms with E-state index in [4.69, 9.17) is 4.74 Å². The first kappa shape index (κ1) is 88.7. The van der Waals surface area contributed by atoms with Crippen molar-refractivity contribution in [3.05, 3.63) is 12.2 Å². The van der Waals surface area contributed by atoms with Crippen LogP contribution < -0.4 is 21.3 Å². The first-order chi connectivity index (χ1) is 44.9. The highest BCUT2D eigenvalue weighted by molar-refractivity contribution is 7.99. The second-order valence-corrected chi connectivity index (χ2v) is 30.3. The molecule has 0 aromatic carbocycles. The standard InChI is InChI=1S/C70H125N11O15S/c1-26-28-31-45(13)58(83)57-62(87)73-48(27-2)64(89)79(22)53(39-97-35-30-29-32-54(82)96-25)67(92)78(21)52(38-70(16,17)95)61(86)74-55(43(9)10)68(93)75(18)49(34-33-40(3)4)60(85)71-46(14)59(84)72-47(15)63(88)76(19)50(36-41(5)6)65(90)77(20)51(37-42(7)8)66(91)80(23)56(44(11)12)69(94)81(57)24/h26,28,40-53,55-58,83,95H,27,29-39H2,1-25H3,(H,71,85)(H,72,84)(H,73,87)(H,74,86)/b28-26+/t45-,46-,47+,48+,49-,50+,51+,52+,53-,55-,56+,57+,58-/m1/s1. The Labute approximate surface area is 584 Å². The summed E-state index contributed by atoms with van der Waals surface area (Å²) in [6.45, 7) is 28.9. The fourth-order valence-corrected chi connectivity index (χ4v) is 13.0. The molecular formula is C70H125N11O15S. The van der Waals surface area contributed by atoms with Gasteiger partial charge in [-0.15, -0.1) is 0 Å². The number of nitrogens with one attached hydrogen (secondary N) is 4. The van der Waals surface area contributed by atoms with Crippen molar-refractivity contribution in [2.24, 2.45) is 35.5 Å². The zero-order chi connectivity index (χ0) is 75.0. The number of aliphatic hydroxyl groups is 2. The van der Waals surface area contributed by atoms with E-state index in [-0.39, 0.29) is 68.5 Å². The van der Waals surface area contributed by atoms with Crippen molar-refractivity contribution in [2.75, 3.05) is 67.9 Å². The van der Waals surface area contributed by atoms with Crippen LogP contribution in [0.25, 0.3) is 0 Å². The smallest absolute Gasteiger partial charge is 0.305 e. The Balaban J connectivity index is 4.59. The Bertz CT molecular complexity index is 2670. The molecular weight excluding hydrogens is 1270 g/mol. The molecule has 1 fully saturated rings. The molecule has 1 aliphatic rings. The lowest BCUT2D eigenvalue weighted by atomic mass is 9.91. The van der Waals surface area contributed by atoms with Gasteiger partial charge in [0, 0.05) is 67.9 Å². The number of nitrogens with zero attached hydrogens (tertiary/aromatic N) is 7. The zero-order valence-electron chi connectivity index (χ0n) is 63.3. The average Bonchev–Trinajstić information content (AvgIpc) is 0.810.